The summed E-state index contributed by atoms with van der Waals surface area (Å²) in [5, 5.41) is 6.24. The van der Waals surface area contributed by atoms with Gasteiger partial charge in [-0.15, -0.1) is 0 Å². The molecule has 3 rings (SSSR count). The van der Waals surface area contributed by atoms with E-state index in [0.717, 1.165) is 4.47 Å². The van der Waals surface area contributed by atoms with E-state index < -0.39 is 17.8 Å². The number of nitrogens with one attached hydrogen (secondary N) is 2. The van der Waals surface area contributed by atoms with E-state index in [9.17, 15) is 14.4 Å². The normalized spacial score (nSPS) is 10.4. The minimum Gasteiger partial charge on any atom is -0.497 e. The molecule has 9 nitrogen and oxygen atoms in total. The average Bonchev–Trinajstić information content (AvgIpc) is 2.86. The molecular weight excluding hydrogens is 506 g/mol. The van der Waals surface area contributed by atoms with Crippen LogP contribution in [-0.4, -0.2) is 38.2 Å². The molecule has 0 unspecified atom stereocenters. The van der Waals surface area contributed by atoms with Crippen molar-refractivity contribution in [3.05, 3.63) is 82.3 Å². The zero-order valence-corrected chi connectivity index (χ0v) is 19.8. The number of esters is 1. The Kier molecular flexibility index (Phi) is 8.36. The van der Waals surface area contributed by atoms with Crippen molar-refractivity contribution in [2.75, 3.05) is 19.5 Å². The maximum Gasteiger partial charge on any atom is 0.343 e. The fourth-order valence-corrected chi connectivity index (χ4v) is 2.94. The van der Waals surface area contributed by atoms with Crippen molar-refractivity contribution in [1.82, 2.24) is 5.43 Å². The number of halogens is 1. The van der Waals surface area contributed by atoms with Gasteiger partial charge in [0.1, 0.15) is 5.75 Å². The predicted octanol–water partition coefficient (Wildman–Crippen LogP) is 3.77. The molecule has 0 aromatic heterocycles. The van der Waals surface area contributed by atoms with Crippen LogP contribution in [0.1, 0.15) is 15.9 Å². The molecule has 0 heterocycles. The fourth-order valence-electron chi connectivity index (χ4n) is 2.67. The highest BCUT2D eigenvalue weighted by molar-refractivity contribution is 9.10. The first-order valence-corrected chi connectivity index (χ1v) is 10.6. The Balaban J connectivity index is 1.59. The molecular formula is C24H20BrN3O6. The topological polar surface area (TPSA) is 115 Å². The van der Waals surface area contributed by atoms with E-state index in [0.29, 0.717) is 22.6 Å². The summed E-state index contributed by atoms with van der Waals surface area (Å²) in [6.07, 6.45) is 1.32. The van der Waals surface area contributed by atoms with Crippen LogP contribution in [0.5, 0.6) is 17.2 Å². The second-order valence-electron chi connectivity index (χ2n) is 6.69. The van der Waals surface area contributed by atoms with E-state index in [4.69, 9.17) is 14.2 Å². The Morgan fingerprint density at radius 1 is 0.853 bits per heavy atom. The van der Waals surface area contributed by atoms with Gasteiger partial charge in [0.05, 0.1) is 26.0 Å². The molecule has 0 radical (unpaired) electrons. The van der Waals surface area contributed by atoms with Gasteiger partial charge in [0.15, 0.2) is 11.5 Å². The van der Waals surface area contributed by atoms with E-state index in [1.165, 1.54) is 26.5 Å². The third-order valence-corrected chi connectivity index (χ3v) is 4.93. The van der Waals surface area contributed by atoms with E-state index in [1.54, 1.807) is 60.7 Å². The number of hydrazone groups is 1. The first-order valence-electron chi connectivity index (χ1n) is 9.84. The summed E-state index contributed by atoms with van der Waals surface area (Å²) in [6.45, 7) is 0. The summed E-state index contributed by atoms with van der Waals surface area (Å²) in [5.74, 6) is -1.25. The third kappa shape index (κ3) is 6.66. The van der Waals surface area contributed by atoms with Gasteiger partial charge in [0, 0.05) is 10.2 Å². The molecule has 0 spiro atoms. The Morgan fingerprint density at radius 2 is 1.56 bits per heavy atom. The minimum atomic E-state index is -0.934. The van der Waals surface area contributed by atoms with Gasteiger partial charge in [0.2, 0.25) is 0 Å². The van der Waals surface area contributed by atoms with E-state index in [-0.39, 0.29) is 11.5 Å². The summed E-state index contributed by atoms with van der Waals surface area (Å²) in [6, 6.07) is 17.9. The van der Waals surface area contributed by atoms with Crippen LogP contribution < -0.4 is 25.0 Å². The van der Waals surface area contributed by atoms with Crippen molar-refractivity contribution < 1.29 is 28.6 Å². The van der Waals surface area contributed by atoms with Gasteiger partial charge in [-0.3, -0.25) is 9.59 Å². The average molecular weight is 526 g/mol. The number of carbonyl (C=O) groups excluding carboxylic acids is 3. The third-order valence-electron chi connectivity index (χ3n) is 4.40. The summed E-state index contributed by atoms with van der Waals surface area (Å²) in [5.41, 5.74) is 3.50. The largest absolute Gasteiger partial charge is 0.497 e. The number of ether oxygens (including phenoxy) is 3. The van der Waals surface area contributed by atoms with Crippen molar-refractivity contribution in [1.29, 1.82) is 0 Å². The van der Waals surface area contributed by atoms with Gasteiger partial charge in [-0.25, -0.2) is 10.2 Å². The van der Waals surface area contributed by atoms with Crippen LogP contribution in [0, 0.1) is 0 Å². The second kappa shape index (κ2) is 11.6. The quantitative estimate of drug-likeness (QED) is 0.159. The van der Waals surface area contributed by atoms with Gasteiger partial charge >= 0.3 is 17.8 Å². The molecule has 174 valence electrons. The van der Waals surface area contributed by atoms with Crippen LogP contribution in [-0.2, 0) is 9.59 Å². The molecule has 0 aliphatic rings. The van der Waals surface area contributed by atoms with Gasteiger partial charge < -0.3 is 19.5 Å². The van der Waals surface area contributed by atoms with Crippen molar-refractivity contribution in [3.8, 4) is 17.2 Å². The van der Waals surface area contributed by atoms with Crippen molar-refractivity contribution in [2.24, 2.45) is 5.10 Å². The summed E-state index contributed by atoms with van der Waals surface area (Å²) in [7, 11) is 2.96. The van der Waals surface area contributed by atoms with Crippen LogP contribution in [0.4, 0.5) is 5.69 Å². The molecule has 0 saturated heterocycles. The zero-order chi connectivity index (χ0) is 24.5. The molecule has 0 aliphatic heterocycles. The molecule has 0 bridgehead atoms. The number of anilines is 1. The van der Waals surface area contributed by atoms with E-state index >= 15 is 0 Å². The molecule has 2 amide bonds. The number of methoxy groups -OCH3 is 2. The molecule has 3 aromatic carbocycles. The Morgan fingerprint density at radius 3 is 2.21 bits per heavy atom. The maximum absolute atomic E-state index is 12.4. The number of amides is 2. The first kappa shape index (κ1) is 24.5. The summed E-state index contributed by atoms with van der Waals surface area (Å²) < 4.78 is 16.6. The molecule has 0 atom stereocenters. The zero-order valence-electron chi connectivity index (χ0n) is 18.2. The highest BCUT2D eigenvalue weighted by atomic mass is 79.9. The fraction of sp³-hybridized carbons (Fsp3) is 0.0833. The lowest BCUT2D eigenvalue weighted by Crippen LogP contribution is -2.32. The molecule has 3 aromatic rings. The Labute approximate surface area is 203 Å². The molecule has 34 heavy (non-hydrogen) atoms. The van der Waals surface area contributed by atoms with Gasteiger partial charge in [-0.05, 0) is 72.3 Å². The summed E-state index contributed by atoms with van der Waals surface area (Å²) in [4.78, 5) is 36.3. The number of benzene rings is 3. The highest BCUT2D eigenvalue weighted by Crippen LogP contribution is 2.28. The lowest BCUT2D eigenvalue weighted by Gasteiger charge is -2.10. The van der Waals surface area contributed by atoms with Crippen LogP contribution in [0.25, 0.3) is 0 Å². The van der Waals surface area contributed by atoms with Gasteiger partial charge in [-0.2, -0.15) is 5.10 Å². The predicted molar refractivity (Wildman–Crippen MR) is 129 cm³/mol. The minimum absolute atomic E-state index is 0.207. The smallest absolute Gasteiger partial charge is 0.343 e. The highest BCUT2D eigenvalue weighted by Gasteiger charge is 2.14. The van der Waals surface area contributed by atoms with Crippen molar-refractivity contribution >= 4 is 45.6 Å². The van der Waals surface area contributed by atoms with Gasteiger partial charge in [-0.1, -0.05) is 15.9 Å². The molecule has 0 aliphatic carbocycles. The van der Waals surface area contributed by atoms with Crippen LogP contribution in [0.2, 0.25) is 0 Å². The molecule has 2 N–H and O–H groups in total. The van der Waals surface area contributed by atoms with Crippen molar-refractivity contribution in [3.63, 3.8) is 0 Å². The standard InChI is InChI=1S/C24H20BrN3O6/c1-32-19-10-4-16(5-11-19)24(31)34-20-12-3-15(13-21(20)33-2)14-26-28-23(30)22(29)27-18-8-6-17(25)7-9-18/h3-14H,1-2H3,(H,27,29)(H,28,30)/b26-14+. The van der Waals surface area contributed by atoms with E-state index in [2.05, 4.69) is 31.8 Å². The lowest BCUT2D eigenvalue weighted by atomic mass is 10.2. The number of nitrogens with zero attached hydrogens (tertiary/aromatic N) is 1. The SMILES string of the molecule is COc1ccc(C(=O)Oc2ccc(/C=N/NC(=O)C(=O)Nc3ccc(Br)cc3)cc2OC)cc1. The number of hydrogen-bond acceptors (Lipinski definition) is 7. The number of rotatable bonds is 7. The molecule has 0 fully saturated rings. The van der Waals surface area contributed by atoms with E-state index in [1.807, 2.05) is 0 Å². The maximum atomic E-state index is 12.4. The Bertz CT molecular complexity index is 1210. The van der Waals surface area contributed by atoms with Crippen molar-refractivity contribution in [2.45, 2.75) is 0 Å². The lowest BCUT2D eigenvalue weighted by molar-refractivity contribution is -0.136. The van der Waals surface area contributed by atoms with Crippen LogP contribution in [0.15, 0.2) is 76.3 Å². The molecule has 0 saturated carbocycles. The van der Waals surface area contributed by atoms with Crippen LogP contribution in [0.3, 0.4) is 0 Å². The second-order valence-corrected chi connectivity index (χ2v) is 7.60. The van der Waals surface area contributed by atoms with Gasteiger partial charge in [0.25, 0.3) is 0 Å². The monoisotopic (exact) mass is 525 g/mol. The molecule has 10 heteroatoms. The van der Waals surface area contributed by atoms with Crippen LogP contribution >= 0.6 is 15.9 Å². The number of hydrogen-bond donors (Lipinski definition) is 2. The Hall–Kier alpha value is -4.18. The first-order chi connectivity index (χ1) is 16.4. The number of carbonyl (C=O) groups is 3. The summed E-state index contributed by atoms with van der Waals surface area (Å²) >= 11 is 3.29.